The van der Waals surface area contributed by atoms with Crippen molar-refractivity contribution in [3.05, 3.63) is 0 Å². The first-order valence-electron chi connectivity index (χ1n) is 4.59. The summed E-state index contributed by atoms with van der Waals surface area (Å²) in [7, 11) is 4.28. The molecule has 0 spiro atoms. The predicted molar refractivity (Wildman–Crippen MR) is 48.5 cm³/mol. The molecule has 0 aromatic carbocycles. The third-order valence-corrected chi connectivity index (χ3v) is 2.45. The van der Waals surface area contributed by atoms with Gasteiger partial charge < -0.3 is 10.6 Å². The van der Waals surface area contributed by atoms with Crippen LogP contribution in [0.1, 0.15) is 25.7 Å². The van der Waals surface area contributed by atoms with Crippen LogP contribution in [0.15, 0.2) is 0 Å². The second-order valence-electron chi connectivity index (χ2n) is 4.05. The van der Waals surface area contributed by atoms with Crippen LogP contribution in [-0.4, -0.2) is 31.6 Å². The molecule has 1 rings (SSSR count). The highest BCUT2D eigenvalue weighted by molar-refractivity contribution is 4.76. The zero-order valence-corrected chi connectivity index (χ0v) is 7.71. The van der Waals surface area contributed by atoms with Gasteiger partial charge in [0, 0.05) is 12.6 Å². The number of nitrogens with two attached hydrogens (primary N) is 1. The predicted octanol–water partition coefficient (Wildman–Crippen LogP) is 1.07. The van der Waals surface area contributed by atoms with Gasteiger partial charge in [-0.1, -0.05) is 6.42 Å². The van der Waals surface area contributed by atoms with Crippen molar-refractivity contribution in [1.82, 2.24) is 4.90 Å². The van der Waals surface area contributed by atoms with Crippen molar-refractivity contribution in [3.63, 3.8) is 0 Å². The maximum atomic E-state index is 5.88. The molecule has 2 nitrogen and oxygen atoms in total. The quantitative estimate of drug-likeness (QED) is 0.648. The lowest BCUT2D eigenvalue weighted by molar-refractivity contribution is 0.247. The van der Waals surface area contributed by atoms with Crippen LogP contribution in [0.25, 0.3) is 0 Å². The molecule has 0 bridgehead atoms. The highest BCUT2D eigenvalue weighted by atomic mass is 15.1. The van der Waals surface area contributed by atoms with Gasteiger partial charge >= 0.3 is 0 Å². The van der Waals surface area contributed by atoms with Crippen LogP contribution < -0.4 is 5.73 Å². The van der Waals surface area contributed by atoms with Gasteiger partial charge in [-0.05, 0) is 39.3 Å². The van der Waals surface area contributed by atoms with Crippen LogP contribution in [0.4, 0.5) is 0 Å². The van der Waals surface area contributed by atoms with Crippen LogP contribution in [0.5, 0.6) is 0 Å². The van der Waals surface area contributed by atoms with E-state index in [0.29, 0.717) is 6.04 Å². The highest BCUT2D eigenvalue weighted by Gasteiger charge is 2.19. The molecule has 0 aliphatic heterocycles. The lowest BCUT2D eigenvalue weighted by Gasteiger charge is -2.28. The Morgan fingerprint density at radius 1 is 1.36 bits per heavy atom. The summed E-state index contributed by atoms with van der Waals surface area (Å²) in [5, 5.41) is 0. The topological polar surface area (TPSA) is 29.3 Å². The standard InChI is InChI=1S/C9H20N2/c1-11(2)7-8-4-3-5-9(10)6-8/h8-9H,3-7,10H2,1-2H3/t8-,9+/m0/s1. The Balaban J connectivity index is 2.23. The smallest absolute Gasteiger partial charge is 0.00419 e. The Hall–Kier alpha value is -0.0800. The second kappa shape index (κ2) is 4.07. The number of rotatable bonds is 2. The van der Waals surface area contributed by atoms with Gasteiger partial charge in [0.1, 0.15) is 0 Å². The molecule has 0 unspecified atom stereocenters. The first-order chi connectivity index (χ1) is 5.18. The molecule has 0 radical (unpaired) electrons. The van der Waals surface area contributed by atoms with Crippen molar-refractivity contribution in [2.45, 2.75) is 31.7 Å². The normalized spacial score (nSPS) is 32.7. The van der Waals surface area contributed by atoms with Gasteiger partial charge in [0.15, 0.2) is 0 Å². The first kappa shape index (κ1) is 9.01. The zero-order valence-electron chi connectivity index (χ0n) is 7.71. The molecule has 11 heavy (non-hydrogen) atoms. The molecular formula is C9H20N2. The average molecular weight is 156 g/mol. The number of hydrogen-bond donors (Lipinski definition) is 1. The minimum atomic E-state index is 0.480. The highest BCUT2D eigenvalue weighted by Crippen LogP contribution is 2.23. The lowest BCUT2D eigenvalue weighted by Crippen LogP contribution is -2.32. The van der Waals surface area contributed by atoms with Crippen LogP contribution in [0.2, 0.25) is 0 Å². The Morgan fingerprint density at radius 2 is 2.09 bits per heavy atom. The summed E-state index contributed by atoms with van der Waals surface area (Å²) in [5.41, 5.74) is 5.88. The lowest BCUT2D eigenvalue weighted by atomic mass is 9.86. The first-order valence-corrected chi connectivity index (χ1v) is 4.59. The van der Waals surface area contributed by atoms with E-state index in [1.54, 1.807) is 0 Å². The fourth-order valence-corrected chi connectivity index (χ4v) is 2.01. The molecule has 0 saturated heterocycles. The van der Waals surface area contributed by atoms with E-state index in [2.05, 4.69) is 19.0 Å². The number of hydrogen-bond acceptors (Lipinski definition) is 2. The maximum absolute atomic E-state index is 5.88. The van der Waals surface area contributed by atoms with Gasteiger partial charge in [-0.25, -0.2) is 0 Å². The van der Waals surface area contributed by atoms with Crippen molar-refractivity contribution in [2.24, 2.45) is 11.7 Å². The summed E-state index contributed by atoms with van der Waals surface area (Å²) in [4.78, 5) is 2.27. The van der Waals surface area contributed by atoms with Crippen LogP contribution in [0.3, 0.4) is 0 Å². The molecule has 0 amide bonds. The van der Waals surface area contributed by atoms with E-state index >= 15 is 0 Å². The van der Waals surface area contributed by atoms with E-state index in [-0.39, 0.29) is 0 Å². The summed E-state index contributed by atoms with van der Waals surface area (Å²) in [5.74, 6) is 0.855. The second-order valence-corrected chi connectivity index (χ2v) is 4.05. The Labute approximate surface area is 69.8 Å². The minimum Gasteiger partial charge on any atom is -0.328 e. The number of nitrogens with zero attached hydrogens (tertiary/aromatic N) is 1. The van der Waals surface area contributed by atoms with Crippen molar-refractivity contribution in [1.29, 1.82) is 0 Å². The monoisotopic (exact) mass is 156 g/mol. The SMILES string of the molecule is CN(C)C[C@H]1CCC[C@@H](N)C1. The fraction of sp³-hybridized carbons (Fsp3) is 1.00. The van der Waals surface area contributed by atoms with Crippen LogP contribution in [-0.2, 0) is 0 Å². The summed E-state index contributed by atoms with van der Waals surface area (Å²) >= 11 is 0. The molecule has 0 heterocycles. The fourth-order valence-electron chi connectivity index (χ4n) is 2.01. The molecule has 1 saturated carbocycles. The largest absolute Gasteiger partial charge is 0.328 e. The molecule has 0 aromatic rings. The molecule has 66 valence electrons. The van der Waals surface area contributed by atoms with E-state index in [9.17, 15) is 0 Å². The minimum absolute atomic E-state index is 0.480. The van der Waals surface area contributed by atoms with Gasteiger partial charge in [0.2, 0.25) is 0 Å². The Bertz CT molecular complexity index is 110. The van der Waals surface area contributed by atoms with Crippen LogP contribution in [0, 0.1) is 5.92 Å². The molecule has 0 aromatic heterocycles. The summed E-state index contributed by atoms with van der Waals surface area (Å²) in [6, 6.07) is 0.480. The van der Waals surface area contributed by atoms with Gasteiger partial charge in [-0.15, -0.1) is 0 Å². The summed E-state index contributed by atoms with van der Waals surface area (Å²) in [6.45, 7) is 1.22. The molecule has 2 N–H and O–H groups in total. The molecule has 1 fully saturated rings. The molecular weight excluding hydrogens is 136 g/mol. The molecule has 2 heteroatoms. The van der Waals surface area contributed by atoms with Crippen molar-refractivity contribution >= 4 is 0 Å². The van der Waals surface area contributed by atoms with Gasteiger partial charge in [-0.2, -0.15) is 0 Å². The van der Waals surface area contributed by atoms with E-state index in [0.717, 1.165) is 5.92 Å². The van der Waals surface area contributed by atoms with Crippen LogP contribution >= 0.6 is 0 Å². The van der Waals surface area contributed by atoms with Crippen molar-refractivity contribution in [3.8, 4) is 0 Å². The average Bonchev–Trinajstić information content (AvgIpc) is 1.85. The Kier molecular flexibility index (Phi) is 3.34. The molecule has 2 atom stereocenters. The third kappa shape index (κ3) is 3.21. The molecule has 1 aliphatic rings. The van der Waals surface area contributed by atoms with E-state index in [1.807, 2.05) is 0 Å². The summed E-state index contributed by atoms with van der Waals surface area (Å²) < 4.78 is 0. The van der Waals surface area contributed by atoms with Gasteiger partial charge in [0.25, 0.3) is 0 Å². The molecule has 1 aliphatic carbocycles. The van der Waals surface area contributed by atoms with E-state index in [1.165, 1.54) is 32.2 Å². The third-order valence-electron chi connectivity index (χ3n) is 2.45. The van der Waals surface area contributed by atoms with Gasteiger partial charge in [-0.3, -0.25) is 0 Å². The van der Waals surface area contributed by atoms with Gasteiger partial charge in [0.05, 0.1) is 0 Å². The van der Waals surface area contributed by atoms with E-state index < -0.39 is 0 Å². The Morgan fingerprint density at radius 3 is 2.64 bits per heavy atom. The maximum Gasteiger partial charge on any atom is 0.00419 e. The van der Waals surface area contributed by atoms with Crippen molar-refractivity contribution < 1.29 is 0 Å². The zero-order chi connectivity index (χ0) is 8.27. The van der Waals surface area contributed by atoms with Crippen molar-refractivity contribution in [2.75, 3.05) is 20.6 Å². The van der Waals surface area contributed by atoms with E-state index in [4.69, 9.17) is 5.73 Å². The summed E-state index contributed by atoms with van der Waals surface area (Å²) in [6.07, 6.45) is 5.19.